The molecule has 2 heterocycles. The standard InChI is InChI=1S/C27H30N6O3S/c1-18(34)28-20-8-10-24(11-9-20)37-17-23-16-25(33-12-14-36-15-13-33)32-26(29-23)19-2-4-21(5-3-19)30-27(35)31-22-6-7-22/h2-5,8-11,16,22H,6-7,12-15,17H2,1H3,(H,28,34)(H2,30,31,35). The Morgan fingerprint density at radius 3 is 2.32 bits per heavy atom. The van der Waals surface area contributed by atoms with Crippen molar-refractivity contribution in [3.8, 4) is 11.4 Å². The van der Waals surface area contributed by atoms with Crippen LogP contribution in [0.4, 0.5) is 22.0 Å². The molecule has 1 aliphatic heterocycles. The van der Waals surface area contributed by atoms with E-state index < -0.39 is 0 Å². The van der Waals surface area contributed by atoms with Crippen molar-refractivity contribution in [2.75, 3.05) is 41.8 Å². The molecular weight excluding hydrogens is 488 g/mol. The topological polar surface area (TPSA) is 108 Å². The molecule has 2 aliphatic rings. The number of ether oxygens (including phenoxy) is 1. The number of nitrogens with one attached hydrogen (secondary N) is 3. The number of rotatable bonds is 8. The van der Waals surface area contributed by atoms with Gasteiger partial charge in [-0.1, -0.05) is 0 Å². The Balaban J connectivity index is 1.32. The smallest absolute Gasteiger partial charge is 0.319 e. The van der Waals surface area contributed by atoms with E-state index in [1.54, 1.807) is 11.8 Å². The molecule has 37 heavy (non-hydrogen) atoms. The van der Waals surface area contributed by atoms with E-state index in [9.17, 15) is 9.59 Å². The summed E-state index contributed by atoms with van der Waals surface area (Å²) in [6.45, 7) is 4.41. The summed E-state index contributed by atoms with van der Waals surface area (Å²) in [5.74, 6) is 2.12. The van der Waals surface area contributed by atoms with Gasteiger partial charge in [0.25, 0.3) is 0 Å². The third-order valence-corrected chi connectivity index (χ3v) is 7.02. The van der Waals surface area contributed by atoms with Gasteiger partial charge in [0.1, 0.15) is 5.82 Å². The minimum atomic E-state index is -0.176. The largest absolute Gasteiger partial charge is 0.378 e. The van der Waals surface area contributed by atoms with Crippen molar-refractivity contribution in [2.24, 2.45) is 0 Å². The van der Waals surface area contributed by atoms with Gasteiger partial charge in [0.2, 0.25) is 5.91 Å². The maximum atomic E-state index is 12.1. The Kier molecular flexibility index (Phi) is 7.86. The number of urea groups is 1. The lowest BCUT2D eigenvalue weighted by Gasteiger charge is -2.28. The number of morpholine rings is 1. The first kappa shape index (κ1) is 25.0. The van der Waals surface area contributed by atoms with Crippen LogP contribution in [-0.4, -0.2) is 54.3 Å². The molecule has 3 amide bonds. The number of benzene rings is 2. The molecule has 1 aromatic heterocycles. The van der Waals surface area contributed by atoms with Crippen molar-refractivity contribution >= 4 is 40.9 Å². The molecule has 9 nitrogen and oxygen atoms in total. The molecule has 0 atom stereocenters. The van der Waals surface area contributed by atoms with Crippen LogP contribution in [0.1, 0.15) is 25.5 Å². The number of anilines is 3. The van der Waals surface area contributed by atoms with Crippen molar-refractivity contribution in [2.45, 2.75) is 36.5 Å². The maximum absolute atomic E-state index is 12.1. The summed E-state index contributed by atoms with van der Waals surface area (Å²) < 4.78 is 5.52. The minimum Gasteiger partial charge on any atom is -0.378 e. The molecule has 2 fully saturated rings. The highest BCUT2D eigenvalue weighted by atomic mass is 32.2. The molecular formula is C27H30N6O3S. The van der Waals surface area contributed by atoms with Crippen LogP contribution >= 0.6 is 11.8 Å². The Morgan fingerprint density at radius 1 is 0.973 bits per heavy atom. The second-order valence-corrected chi connectivity index (χ2v) is 10.1. The molecule has 1 aliphatic carbocycles. The van der Waals surface area contributed by atoms with Crippen molar-refractivity contribution < 1.29 is 14.3 Å². The van der Waals surface area contributed by atoms with Crippen molar-refractivity contribution in [1.29, 1.82) is 0 Å². The van der Waals surface area contributed by atoms with Gasteiger partial charge in [-0.15, -0.1) is 11.8 Å². The van der Waals surface area contributed by atoms with Gasteiger partial charge in [-0.3, -0.25) is 4.79 Å². The number of aromatic nitrogens is 2. The van der Waals surface area contributed by atoms with E-state index in [0.29, 0.717) is 30.8 Å². The zero-order valence-corrected chi connectivity index (χ0v) is 21.5. The van der Waals surface area contributed by atoms with Gasteiger partial charge in [0.15, 0.2) is 5.82 Å². The first-order chi connectivity index (χ1) is 18.0. The van der Waals surface area contributed by atoms with Gasteiger partial charge in [-0.05, 0) is 61.4 Å². The fourth-order valence-corrected chi connectivity index (χ4v) is 4.71. The fraction of sp³-hybridized carbons (Fsp3) is 0.333. The average Bonchev–Trinajstić information content (AvgIpc) is 3.72. The Hall–Kier alpha value is -3.63. The number of nitrogens with zero attached hydrogens (tertiary/aromatic N) is 3. The van der Waals surface area contributed by atoms with Crippen molar-refractivity contribution in [3.05, 3.63) is 60.3 Å². The Morgan fingerprint density at radius 2 is 1.65 bits per heavy atom. The van der Waals surface area contributed by atoms with E-state index >= 15 is 0 Å². The summed E-state index contributed by atoms with van der Waals surface area (Å²) in [6.07, 6.45) is 2.10. The van der Waals surface area contributed by atoms with Gasteiger partial charge in [-0.2, -0.15) is 0 Å². The number of amides is 3. The monoisotopic (exact) mass is 518 g/mol. The molecule has 2 aromatic carbocycles. The quantitative estimate of drug-likeness (QED) is 0.377. The SMILES string of the molecule is CC(=O)Nc1ccc(SCc2cc(N3CCOCC3)nc(-c3ccc(NC(=O)NC4CC4)cc3)n2)cc1. The lowest BCUT2D eigenvalue weighted by molar-refractivity contribution is -0.114. The van der Waals surface area contributed by atoms with Gasteiger partial charge in [0.05, 0.1) is 18.9 Å². The van der Waals surface area contributed by atoms with E-state index in [2.05, 4.69) is 20.9 Å². The molecule has 0 unspecified atom stereocenters. The number of thioether (sulfide) groups is 1. The van der Waals surface area contributed by atoms with Crippen LogP contribution in [0.2, 0.25) is 0 Å². The Bertz CT molecular complexity index is 1240. The van der Waals surface area contributed by atoms with E-state index in [1.165, 1.54) is 6.92 Å². The number of carbonyl (C=O) groups excluding carboxylic acids is 2. The first-order valence-corrected chi connectivity index (χ1v) is 13.4. The van der Waals surface area contributed by atoms with Crippen molar-refractivity contribution in [3.63, 3.8) is 0 Å². The number of hydrogen-bond acceptors (Lipinski definition) is 7. The lowest BCUT2D eigenvalue weighted by Crippen LogP contribution is -2.37. The highest BCUT2D eigenvalue weighted by molar-refractivity contribution is 7.98. The molecule has 0 radical (unpaired) electrons. The highest BCUT2D eigenvalue weighted by Crippen LogP contribution is 2.28. The van der Waals surface area contributed by atoms with E-state index in [-0.39, 0.29) is 11.9 Å². The van der Waals surface area contributed by atoms with Gasteiger partial charge in [-0.25, -0.2) is 14.8 Å². The van der Waals surface area contributed by atoms with Crippen LogP contribution in [0.25, 0.3) is 11.4 Å². The lowest BCUT2D eigenvalue weighted by atomic mass is 10.2. The summed E-state index contributed by atoms with van der Waals surface area (Å²) in [6, 6.07) is 17.6. The van der Waals surface area contributed by atoms with Gasteiger partial charge < -0.3 is 25.6 Å². The number of carbonyl (C=O) groups is 2. The molecule has 3 N–H and O–H groups in total. The summed E-state index contributed by atoms with van der Waals surface area (Å²) in [4.78, 5) is 36.4. The fourth-order valence-electron chi connectivity index (χ4n) is 3.92. The second-order valence-electron chi connectivity index (χ2n) is 9.08. The molecule has 3 aromatic rings. The van der Waals surface area contributed by atoms with Crippen molar-refractivity contribution in [1.82, 2.24) is 15.3 Å². The molecule has 1 saturated carbocycles. The third-order valence-electron chi connectivity index (χ3n) is 5.98. The van der Waals surface area contributed by atoms with E-state index in [4.69, 9.17) is 14.7 Å². The molecule has 192 valence electrons. The van der Waals surface area contributed by atoms with Crippen LogP contribution in [0.3, 0.4) is 0 Å². The van der Waals surface area contributed by atoms with E-state index in [1.807, 2.05) is 54.6 Å². The predicted molar refractivity (Wildman–Crippen MR) is 146 cm³/mol. The van der Waals surface area contributed by atoms with Crippen LogP contribution < -0.4 is 20.9 Å². The van der Waals surface area contributed by atoms with Gasteiger partial charge in [0, 0.05) is 59.7 Å². The third kappa shape index (κ3) is 7.21. The van der Waals surface area contributed by atoms with Crippen LogP contribution in [-0.2, 0) is 15.3 Å². The van der Waals surface area contributed by atoms with Gasteiger partial charge >= 0.3 is 6.03 Å². The molecule has 5 rings (SSSR count). The summed E-state index contributed by atoms with van der Waals surface area (Å²) in [5, 5.41) is 8.60. The first-order valence-electron chi connectivity index (χ1n) is 12.4. The van der Waals surface area contributed by atoms with Crippen LogP contribution in [0.15, 0.2) is 59.5 Å². The second kappa shape index (κ2) is 11.6. The molecule has 1 saturated heterocycles. The number of hydrogen-bond donors (Lipinski definition) is 3. The van der Waals surface area contributed by atoms with Crippen LogP contribution in [0, 0.1) is 0 Å². The van der Waals surface area contributed by atoms with Crippen LogP contribution in [0.5, 0.6) is 0 Å². The summed E-state index contributed by atoms with van der Waals surface area (Å²) >= 11 is 1.68. The van der Waals surface area contributed by atoms with E-state index in [0.717, 1.165) is 59.3 Å². The average molecular weight is 519 g/mol. The zero-order chi connectivity index (χ0) is 25.6. The normalized spacial score (nSPS) is 15.2. The molecule has 0 bridgehead atoms. The summed E-state index contributed by atoms with van der Waals surface area (Å²) in [7, 11) is 0. The Labute approximate surface area is 220 Å². The molecule has 0 spiro atoms. The summed E-state index contributed by atoms with van der Waals surface area (Å²) in [5.41, 5.74) is 3.31. The highest BCUT2D eigenvalue weighted by Gasteiger charge is 2.23. The predicted octanol–water partition coefficient (Wildman–Crippen LogP) is 4.51. The zero-order valence-electron chi connectivity index (χ0n) is 20.7. The minimum absolute atomic E-state index is 0.0881. The molecule has 10 heteroatoms. The maximum Gasteiger partial charge on any atom is 0.319 e.